The Morgan fingerprint density at radius 1 is 0.930 bits per heavy atom. The molecule has 3 aromatic rings. The summed E-state index contributed by atoms with van der Waals surface area (Å²) in [7, 11) is -2.54. The van der Waals surface area contributed by atoms with Crippen LogP contribution in [0.2, 0.25) is 0 Å². The van der Waals surface area contributed by atoms with Crippen molar-refractivity contribution >= 4 is 27.5 Å². The number of hydrogen-bond donors (Lipinski definition) is 1. The highest BCUT2D eigenvalue weighted by atomic mass is 32.2. The van der Waals surface area contributed by atoms with Gasteiger partial charge in [-0.15, -0.1) is 0 Å². The van der Waals surface area contributed by atoms with E-state index < -0.39 is 28.5 Å². The fraction of sp³-hybridized carbons (Fsp3) is 0.412. The van der Waals surface area contributed by atoms with Crippen LogP contribution in [0.15, 0.2) is 71.6 Å². The molecule has 3 aromatic carbocycles. The maximum absolute atomic E-state index is 14.2. The molecule has 0 spiro atoms. The van der Waals surface area contributed by atoms with Gasteiger partial charge in [0.15, 0.2) is 0 Å². The number of nitrogens with one attached hydrogen (secondary N) is 1. The van der Waals surface area contributed by atoms with Gasteiger partial charge < -0.3 is 15.0 Å². The highest BCUT2D eigenvalue weighted by Crippen LogP contribution is 2.29. The molecule has 1 N–H and O–H groups in total. The van der Waals surface area contributed by atoms with E-state index in [1.807, 2.05) is 39.0 Å². The van der Waals surface area contributed by atoms with E-state index in [9.17, 15) is 18.0 Å². The van der Waals surface area contributed by atoms with Crippen LogP contribution in [-0.2, 0) is 26.2 Å². The normalized spacial score (nSPS) is 14.5. The maximum Gasteiger partial charge on any atom is 0.264 e. The van der Waals surface area contributed by atoms with E-state index in [1.165, 1.54) is 9.21 Å². The molecule has 0 aromatic heterocycles. The van der Waals surface area contributed by atoms with Gasteiger partial charge in [-0.2, -0.15) is 0 Å². The van der Waals surface area contributed by atoms with Crippen molar-refractivity contribution in [3.8, 4) is 5.75 Å². The molecule has 1 unspecified atom stereocenters. The molecule has 4 rings (SSSR count). The van der Waals surface area contributed by atoms with Gasteiger partial charge in [0, 0.05) is 12.6 Å². The Morgan fingerprint density at radius 2 is 1.58 bits per heavy atom. The minimum Gasteiger partial charge on any atom is -0.497 e. The molecule has 9 heteroatoms. The molecule has 43 heavy (non-hydrogen) atoms. The largest absolute Gasteiger partial charge is 0.497 e. The number of nitrogens with zero attached hydrogens (tertiary/aromatic N) is 2. The molecule has 0 heterocycles. The van der Waals surface area contributed by atoms with E-state index in [1.54, 1.807) is 62.6 Å². The summed E-state index contributed by atoms with van der Waals surface area (Å²) in [6.45, 7) is 7.02. The Morgan fingerprint density at radius 3 is 2.21 bits per heavy atom. The van der Waals surface area contributed by atoms with Gasteiger partial charge in [-0.3, -0.25) is 13.9 Å². The number of benzene rings is 3. The maximum atomic E-state index is 14.2. The Balaban J connectivity index is 1.70. The second kappa shape index (κ2) is 14.1. The summed E-state index contributed by atoms with van der Waals surface area (Å²) in [6, 6.07) is 18.6. The van der Waals surface area contributed by atoms with E-state index in [4.69, 9.17) is 4.74 Å². The van der Waals surface area contributed by atoms with Crippen LogP contribution in [0.3, 0.4) is 0 Å². The van der Waals surface area contributed by atoms with Crippen LogP contribution in [-0.4, -0.2) is 50.9 Å². The molecule has 230 valence electrons. The van der Waals surface area contributed by atoms with Crippen molar-refractivity contribution in [2.45, 2.75) is 83.3 Å². The van der Waals surface area contributed by atoms with Crippen molar-refractivity contribution in [1.82, 2.24) is 10.2 Å². The quantitative estimate of drug-likeness (QED) is 0.303. The number of carbonyl (C=O) groups is 2. The monoisotopic (exact) mass is 605 g/mol. The number of carbonyl (C=O) groups excluding carboxylic acids is 2. The van der Waals surface area contributed by atoms with E-state index in [0.29, 0.717) is 11.4 Å². The molecule has 1 aliphatic carbocycles. The first kappa shape index (κ1) is 32.1. The SMILES string of the molecule is COc1ccc(CN(C(=O)CN(c2cccc(C)c2C)S(=O)(=O)c2ccc(C)cc2)C(C)C(=O)NC2CCCCC2)cc1. The fourth-order valence-corrected chi connectivity index (χ4v) is 6.91. The summed E-state index contributed by atoms with van der Waals surface area (Å²) in [4.78, 5) is 29.3. The third kappa shape index (κ3) is 7.76. The molecule has 1 atom stereocenters. The van der Waals surface area contributed by atoms with Crippen LogP contribution in [0.25, 0.3) is 0 Å². The highest BCUT2D eigenvalue weighted by molar-refractivity contribution is 7.92. The Hall–Kier alpha value is -3.85. The van der Waals surface area contributed by atoms with Gasteiger partial charge in [0.25, 0.3) is 10.0 Å². The van der Waals surface area contributed by atoms with Crippen LogP contribution >= 0.6 is 0 Å². The topological polar surface area (TPSA) is 96.0 Å². The number of sulfonamides is 1. The first-order valence-electron chi connectivity index (χ1n) is 14.9. The molecule has 0 aliphatic heterocycles. The number of anilines is 1. The lowest BCUT2D eigenvalue weighted by atomic mass is 9.95. The van der Waals surface area contributed by atoms with E-state index in [2.05, 4.69) is 5.32 Å². The summed E-state index contributed by atoms with van der Waals surface area (Å²) >= 11 is 0. The number of aryl methyl sites for hydroxylation is 2. The van der Waals surface area contributed by atoms with Gasteiger partial charge in [-0.25, -0.2) is 8.42 Å². The van der Waals surface area contributed by atoms with Crippen molar-refractivity contribution in [2.24, 2.45) is 0 Å². The second-order valence-electron chi connectivity index (χ2n) is 11.4. The predicted octanol–water partition coefficient (Wildman–Crippen LogP) is 5.68. The number of hydrogen-bond acceptors (Lipinski definition) is 5. The number of rotatable bonds is 11. The summed E-state index contributed by atoms with van der Waals surface area (Å²) < 4.78 is 34.7. The summed E-state index contributed by atoms with van der Waals surface area (Å²) in [6.07, 6.45) is 5.12. The summed E-state index contributed by atoms with van der Waals surface area (Å²) in [5, 5.41) is 3.14. The smallest absolute Gasteiger partial charge is 0.264 e. The lowest BCUT2D eigenvalue weighted by Crippen LogP contribution is -2.53. The zero-order valence-corrected chi connectivity index (χ0v) is 26.6. The molecule has 0 saturated heterocycles. The zero-order valence-electron chi connectivity index (χ0n) is 25.8. The van der Waals surface area contributed by atoms with Crippen LogP contribution in [0.1, 0.15) is 61.3 Å². The molecule has 0 bridgehead atoms. The number of amides is 2. The number of ether oxygens (including phenoxy) is 1. The highest BCUT2D eigenvalue weighted by Gasteiger charge is 2.34. The lowest BCUT2D eigenvalue weighted by molar-refractivity contribution is -0.139. The Bertz CT molecular complexity index is 1510. The van der Waals surface area contributed by atoms with E-state index in [-0.39, 0.29) is 23.4 Å². The van der Waals surface area contributed by atoms with Crippen molar-refractivity contribution < 1.29 is 22.7 Å². The molecule has 1 aliphatic rings. The van der Waals surface area contributed by atoms with Gasteiger partial charge in [0.1, 0.15) is 18.3 Å². The standard InChI is InChI=1S/C34H43N3O5S/c1-24-14-20-31(21-15-24)43(40,41)37(32-13-9-10-25(2)26(32)3)23-33(38)36(22-28-16-18-30(42-5)19-17-28)27(4)34(39)35-29-11-7-6-8-12-29/h9-10,13-21,27,29H,6-8,11-12,22-23H2,1-5H3,(H,35,39). The average Bonchev–Trinajstić information content (AvgIpc) is 3.00. The number of methoxy groups -OCH3 is 1. The zero-order chi connectivity index (χ0) is 31.1. The first-order chi connectivity index (χ1) is 20.5. The molecule has 2 amide bonds. The third-order valence-corrected chi connectivity index (χ3v) is 10.1. The van der Waals surface area contributed by atoms with Crippen molar-refractivity contribution in [3.63, 3.8) is 0 Å². The van der Waals surface area contributed by atoms with Gasteiger partial charge in [-0.05, 0) is 87.6 Å². The van der Waals surface area contributed by atoms with E-state index in [0.717, 1.165) is 54.4 Å². The molecular formula is C34H43N3O5S. The van der Waals surface area contributed by atoms with Crippen LogP contribution in [0.4, 0.5) is 5.69 Å². The molecule has 1 fully saturated rings. The van der Waals surface area contributed by atoms with Gasteiger partial charge in [0.05, 0.1) is 17.7 Å². The third-order valence-electron chi connectivity index (χ3n) is 8.36. The van der Waals surface area contributed by atoms with Gasteiger partial charge >= 0.3 is 0 Å². The molecule has 1 saturated carbocycles. The minimum atomic E-state index is -4.12. The lowest BCUT2D eigenvalue weighted by Gasteiger charge is -2.33. The molecule has 0 radical (unpaired) electrons. The van der Waals surface area contributed by atoms with Crippen molar-refractivity contribution in [3.05, 3.63) is 89.0 Å². The van der Waals surface area contributed by atoms with E-state index >= 15 is 0 Å². The fourth-order valence-electron chi connectivity index (χ4n) is 5.44. The van der Waals surface area contributed by atoms with Crippen molar-refractivity contribution in [2.75, 3.05) is 18.0 Å². The average molecular weight is 606 g/mol. The predicted molar refractivity (Wildman–Crippen MR) is 170 cm³/mol. The van der Waals surface area contributed by atoms with Gasteiger partial charge in [0.2, 0.25) is 11.8 Å². The first-order valence-corrected chi connectivity index (χ1v) is 16.3. The Labute approximate surface area is 256 Å². The second-order valence-corrected chi connectivity index (χ2v) is 13.3. The molecular weight excluding hydrogens is 562 g/mol. The van der Waals surface area contributed by atoms with Crippen LogP contribution < -0.4 is 14.4 Å². The minimum absolute atomic E-state index is 0.0787. The van der Waals surface area contributed by atoms with Crippen LogP contribution in [0.5, 0.6) is 5.75 Å². The van der Waals surface area contributed by atoms with Crippen molar-refractivity contribution in [1.29, 1.82) is 0 Å². The molecule has 8 nitrogen and oxygen atoms in total. The summed E-state index contributed by atoms with van der Waals surface area (Å²) in [5.41, 5.74) is 3.82. The Kier molecular flexibility index (Phi) is 10.5. The summed E-state index contributed by atoms with van der Waals surface area (Å²) in [5.74, 6) is -0.0397. The van der Waals surface area contributed by atoms with Crippen LogP contribution in [0, 0.1) is 20.8 Å². The van der Waals surface area contributed by atoms with Gasteiger partial charge in [-0.1, -0.05) is 61.2 Å².